The van der Waals surface area contributed by atoms with Crippen molar-refractivity contribution in [3.8, 4) is 0 Å². The second-order valence-corrected chi connectivity index (χ2v) is 8.19. The van der Waals surface area contributed by atoms with E-state index in [4.69, 9.17) is 32.7 Å². The van der Waals surface area contributed by atoms with Gasteiger partial charge < -0.3 is 19.3 Å². The number of amides is 2. The molecule has 3 rings (SSSR count). The minimum absolute atomic E-state index is 0.0251. The van der Waals surface area contributed by atoms with Crippen LogP contribution in [0.3, 0.4) is 0 Å². The fourth-order valence-corrected chi connectivity index (χ4v) is 3.57. The molecular formula is C20H24Cl2N2O4. The number of ether oxygens (including phenoxy) is 2. The lowest BCUT2D eigenvalue weighted by atomic mass is 10.2. The van der Waals surface area contributed by atoms with Gasteiger partial charge in [0.25, 0.3) is 0 Å². The van der Waals surface area contributed by atoms with Gasteiger partial charge in [0.1, 0.15) is 6.10 Å². The second-order valence-electron chi connectivity index (χ2n) is 7.37. The summed E-state index contributed by atoms with van der Waals surface area (Å²) in [5, 5.41) is 0.907. The average Bonchev–Trinajstić information content (AvgIpc) is 2.88. The fourth-order valence-electron chi connectivity index (χ4n) is 3.27. The highest BCUT2D eigenvalue weighted by atomic mass is 35.5. The first-order chi connectivity index (χ1) is 13.2. The molecule has 0 aliphatic carbocycles. The van der Waals surface area contributed by atoms with Gasteiger partial charge in [0.15, 0.2) is 5.79 Å². The van der Waals surface area contributed by atoms with Gasteiger partial charge in [-0.15, -0.1) is 0 Å². The van der Waals surface area contributed by atoms with E-state index >= 15 is 0 Å². The van der Waals surface area contributed by atoms with Gasteiger partial charge in [0.05, 0.1) is 16.7 Å². The molecule has 2 amide bonds. The van der Waals surface area contributed by atoms with E-state index in [1.807, 2.05) is 13.8 Å². The van der Waals surface area contributed by atoms with Crippen molar-refractivity contribution >= 4 is 41.1 Å². The zero-order valence-electron chi connectivity index (χ0n) is 16.0. The Balaban J connectivity index is 1.56. The van der Waals surface area contributed by atoms with Crippen molar-refractivity contribution < 1.29 is 19.1 Å². The summed E-state index contributed by atoms with van der Waals surface area (Å²) < 4.78 is 11.4. The largest absolute Gasteiger partial charge is 0.348 e. The van der Waals surface area contributed by atoms with E-state index in [1.165, 1.54) is 6.08 Å². The molecule has 2 heterocycles. The maximum atomic E-state index is 12.5. The molecule has 1 aromatic rings. The Kier molecular flexibility index (Phi) is 6.65. The van der Waals surface area contributed by atoms with Crippen molar-refractivity contribution in [1.82, 2.24) is 9.80 Å². The molecule has 0 radical (unpaired) electrons. The van der Waals surface area contributed by atoms with Crippen LogP contribution in [0.15, 0.2) is 24.3 Å². The maximum Gasteiger partial charge on any atom is 0.246 e. The average molecular weight is 427 g/mol. The van der Waals surface area contributed by atoms with Crippen LogP contribution >= 0.6 is 23.2 Å². The van der Waals surface area contributed by atoms with E-state index in [0.29, 0.717) is 49.3 Å². The zero-order chi connectivity index (χ0) is 20.3. The Morgan fingerprint density at radius 3 is 2.71 bits per heavy atom. The SMILES string of the molecule is CC1(C)OCC(CN2CCN(C(=O)C=Cc3ccc(Cl)c(Cl)c3)CCC2=O)O1. The molecule has 28 heavy (non-hydrogen) atoms. The summed E-state index contributed by atoms with van der Waals surface area (Å²) in [4.78, 5) is 28.4. The van der Waals surface area contributed by atoms with Crippen LogP contribution in [0.1, 0.15) is 25.8 Å². The van der Waals surface area contributed by atoms with Gasteiger partial charge in [-0.1, -0.05) is 29.3 Å². The molecule has 0 N–H and O–H groups in total. The summed E-state index contributed by atoms with van der Waals surface area (Å²) in [6.07, 6.45) is 3.34. The lowest BCUT2D eigenvalue weighted by Gasteiger charge is -2.24. The van der Waals surface area contributed by atoms with Crippen molar-refractivity contribution in [1.29, 1.82) is 0 Å². The van der Waals surface area contributed by atoms with Crippen molar-refractivity contribution in [2.24, 2.45) is 0 Å². The third kappa shape index (κ3) is 5.47. The second kappa shape index (κ2) is 8.82. The molecule has 2 aliphatic rings. The molecule has 2 fully saturated rings. The number of rotatable bonds is 4. The van der Waals surface area contributed by atoms with Gasteiger partial charge in [-0.3, -0.25) is 9.59 Å². The van der Waals surface area contributed by atoms with E-state index in [0.717, 1.165) is 5.56 Å². The molecule has 2 saturated heterocycles. The van der Waals surface area contributed by atoms with Crippen LogP contribution in [0.25, 0.3) is 6.08 Å². The van der Waals surface area contributed by atoms with Crippen LogP contribution in [0.5, 0.6) is 0 Å². The minimum atomic E-state index is -0.614. The fraction of sp³-hybridized carbons (Fsp3) is 0.500. The van der Waals surface area contributed by atoms with Gasteiger partial charge in [0.2, 0.25) is 11.8 Å². The van der Waals surface area contributed by atoms with Crippen LogP contribution in [0.4, 0.5) is 0 Å². The van der Waals surface area contributed by atoms with Crippen LogP contribution in [-0.2, 0) is 19.1 Å². The van der Waals surface area contributed by atoms with E-state index < -0.39 is 5.79 Å². The van der Waals surface area contributed by atoms with Crippen LogP contribution in [0, 0.1) is 0 Å². The van der Waals surface area contributed by atoms with Crippen molar-refractivity contribution in [2.45, 2.75) is 32.2 Å². The summed E-state index contributed by atoms with van der Waals surface area (Å²) >= 11 is 11.9. The molecule has 2 aliphatic heterocycles. The Bertz CT molecular complexity index is 781. The molecule has 152 valence electrons. The van der Waals surface area contributed by atoms with Gasteiger partial charge in [-0.25, -0.2) is 0 Å². The molecule has 0 bridgehead atoms. The maximum absolute atomic E-state index is 12.5. The lowest BCUT2D eigenvalue weighted by molar-refractivity contribution is -0.145. The van der Waals surface area contributed by atoms with Crippen LogP contribution in [0.2, 0.25) is 10.0 Å². The molecule has 0 spiro atoms. The van der Waals surface area contributed by atoms with Crippen LogP contribution < -0.4 is 0 Å². The van der Waals surface area contributed by atoms with E-state index in [2.05, 4.69) is 0 Å². The van der Waals surface area contributed by atoms with Gasteiger partial charge in [0, 0.05) is 38.7 Å². The Hall–Kier alpha value is -1.60. The number of carbonyl (C=O) groups is 2. The van der Waals surface area contributed by atoms with Crippen LogP contribution in [-0.4, -0.2) is 66.3 Å². The molecular weight excluding hydrogens is 403 g/mol. The molecule has 6 nitrogen and oxygen atoms in total. The molecule has 1 unspecified atom stereocenters. The first-order valence-electron chi connectivity index (χ1n) is 9.25. The number of carbonyl (C=O) groups excluding carboxylic acids is 2. The van der Waals surface area contributed by atoms with Gasteiger partial charge in [-0.05, 0) is 37.6 Å². The number of hydrogen-bond donors (Lipinski definition) is 0. The standard InChI is InChI=1S/C20H24Cl2N2O4/c1-20(2)27-13-15(28-20)12-24-10-9-23(8-7-19(24)26)18(25)6-4-14-3-5-16(21)17(22)11-14/h3-6,11,15H,7-10,12-13H2,1-2H3. The van der Waals surface area contributed by atoms with Crippen molar-refractivity contribution in [2.75, 3.05) is 32.8 Å². The molecule has 1 aromatic carbocycles. The molecule has 0 aromatic heterocycles. The normalized spacial score (nSPS) is 22.7. The number of hydrogen-bond acceptors (Lipinski definition) is 4. The quantitative estimate of drug-likeness (QED) is 0.693. The number of halogens is 2. The predicted octanol–water partition coefficient (Wildman–Crippen LogP) is 3.22. The smallest absolute Gasteiger partial charge is 0.246 e. The first kappa shape index (κ1) is 21.1. The highest BCUT2D eigenvalue weighted by Crippen LogP contribution is 2.24. The van der Waals surface area contributed by atoms with Gasteiger partial charge >= 0.3 is 0 Å². The molecule has 8 heteroatoms. The summed E-state index contributed by atoms with van der Waals surface area (Å²) in [5.74, 6) is -0.726. The monoisotopic (exact) mass is 426 g/mol. The summed E-state index contributed by atoms with van der Waals surface area (Å²) in [5.41, 5.74) is 0.788. The highest BCUT2D eigenvalue weighted by molar-refractivity contribution is 6.42. The van der Waals surface area contributed by atoms with Crippen molar-refractivity contribution in [3.05, 3.63) is 39.9 Å². The Morgan fingerprint density at radius 2 is 2.04 bits per heavy atom. The van der Waals surface area contributed by atoms with Crippen molar-refractivity contribution in [3.63, 3.8) is 0 Å². The van der Waals surface area contributed by atoms with E-state index in [-0.39, 0.29) is 17.9 Å². The first-order valence-corrected chi connectivity index (χ1v) is 10.0. The molecule has 1 atom stereocenters. The lowest BCUT2D eigenvalue weighted by Crippen LogP contribution is -2.40. The summed E-state index contributed by atoms with van der Waals surface area (Å²) in [7, 11) is 0. The summed E-state index contributed by atoms with van der Waals surface area (Å²) in [6, 6.07) is 5.18. The number of benzene rings is 1. The third-order valence-corrected chi connectivity index (χ3v) is 5.49. The molecule has 0 saturated carbocycles. The predicted molar refractivity (Wildman–Crippen MR) is 108 cm³/mol. The number of nitrogens with zero attached hydrogens (tertiary/aromatic N) is 2. The Morgan fingerprint density at radius 1 is 1.25 bits per heavy atom. The summed E-state index contributed by atoms with van der Waals surface area (Å²) in [6.45, 7) is 6.01. The minimum Gasteiger partial charge on any atom is -0.348 e. The van der Waals surface area contributed by atoms with Gasteiger partial charge in [-0.2, -0.15) is 0 Å². The Labute approximate surface area is 175 Å². The topological polar surface area (TPSA) is 59.1 Å². The van der Waals surface area contributed by atoms with E-state index in [9.17, 15) is 9.59 Å². The van der Waals surface area contributed by atoms with E-state index in [1.54, 1.807) is 34.1 Å². The third-order valence-electron chi connectivity index (χ3n) is 4.75. The zero-order valence-corrected chi connectivity index (χ0v) is 17.5. The highest BCUT2D eigenvalue weighted by Gasteiger charge is 2.35.